The topological polar surface area (TPSA) is 83.8 Å². The molecule has 0 amide bonds. The van der Waals surface area contributed by atoms with E-state index in [0.29, 0.717) is 6.42 Å². The fourth-order valence-electron chi connectivity index (χ4n) is 1.07. The third kappa shape index (κ3) is 1.80. The van der Waals surface area contributed by atoms with Gasteiger partial charge in [0.15, 0.2) is 11.9 Å². The molecule has 0 radical (unpaired) electrons. The summed E-state index contributed by atoms with van der Waals surface area (Å²) in [4.78, 5) is 21.3. The van der Waals surface area contributed by atoms with Crippen molar-refractivity contribution in [2.24, 2.45) is 0 Å². The lowest BCUT2D eigenvalue weighted by atomic mass is 10.1. The Labute approximate surface area is 68.9 Å². The third-order valence-electron chi connectivity index (χ3n) is 1.75. The summed E-state index contributed by atoms with van der Waals surface area (Å²) in [5, 5.41) is 17.5. The zero-order valence-corrected chi connectivity index (χ0v) is 6.40. The quantitative estimate of drug-likeness (QED) is 0.515. The average Bonchev–Trinajstić information content (AvgIpc) is 2.49. The smallest absolute Gasteiger partial charge is 0.306 e. The van der Waals surface area contributed by atoms with Gasteiger partial charge in [-0.2, -0.15) is 0 Å². The highest BCUT2D eigenvalue weighted by molar-refractivity contribution is 5.85. The highest BCUT2D eigenvalue weighted by Gasteiger charge is 2.33. The summed E-state index contributed by atoms with van der Waals surface area (Å²) in [6.07, 6.45) is -1.58. The number of aliphatic hydroxyl groups excluding tert-OH is 2. The van der Waals surface area contributed by atoms with Gasteiger partial charge in [-0.3, -0.25) is 9.59 Å². The predicted octanol–water partition coefficient (Wildman–Crippen LogP) is -1.39. The van der Waals surface area contributed by atoms with E-state index in [1.165, 1.54) is 0 Å². The van der Waals surface area contributed by atoms with Crippen LogP contribution in [0.2, 0.25) is 0 Å². The number of cyclic esters (lactones) is 1. The van der Waals surface area contributed by atoms with Gasteiger partial charge < -0.3 is 14.9 Å². The summed E-state index contributed by atoms with van der Waals surface area (Å²) < 4.78 is 4.63. The van der Waals surface area contributed by atoms with Crippen molar-refractivity contribution in [3.8, 4) is 0 Å². The zero-order chi connectivity index (χ0) is 9.14. The number of rotatable bonds is 3. The van der Waals surface area contributed by atoms with E-state index in [4.69, 9.17) is 10.2 Å². The second kappa shape index (κ2) is 3.64. The zero-order valence-electron chi connectivity index (χ0n) is 6.40. The molecular formula is C7H10O5. The number of hydrogen-bond acceptors (Lipinski definition) is 5. The van der Waals surface area contributed by atoms with E-state index in [9.17, 15) is 9.59 Å². The summed E-state index contributed by atoms with van der Waals surface area (Å²) in [5.74, 6) is -1.13. The number of carbonyl (C=O) groups is 2. The molecule has 2 N–H and O–H groups in total. The van der Waals surface area contributed by atoms with Crippen LogP contribution in [-0.4, -0.2) is 40.8 Å². The third-order valence-corrected chi connectivity index (χ3v) is 1.75. The van der Waals surface area contributed by atoms with Crippen LogP contribution in [0.3, 0.4) is 0 Å². The molecule has 0 aromatic heterocycles. The second-order valence-electron chi connectivity index (χ2n) is 2.64. The minimum absolute atomic E-state index is 0.223. The minimum atomic E-state index is -1.37. The molecule has 5 nitrogen and oxygen atoms in total. The molecule has 0 aliphatic carbocycles. The van der Waals surface area contributed by atoms with E-state index in [1.54, 1.807) is 0 Å². The van der Waals surface area contributed by atoms with Crippen LogP contribution in [-0.2, 0) is 14.3 Å². The molecule has 12 heavy (non-hydrogen) atoms. The maximum absolute atomic E-state index is 10.7. The van der Waals surface area contributed by atoms with E-state index in [-0.39, 0.29) is 6.42 Å². The van der Waals surface area contributed by atoms with Crippen molar-refractivity contribution in [1.29, 1.82) is 0 Å². The maximum atomic E-state index is 10.7. The van der Waals surface area contributed by atoms with Gasteiger partial charge in [-0.25, -0.2) is 0 Å². The molecule has 2 atom stereocenters. The van der Waals surface area contributed by atoms with Crippen molar-refractivity contribution >= 4 is 11.8 Å². The molecule has 0 aromatic carbocycles. The van der Waals surface area contributed by atoms with Gasteiger partial charge in [0.2, 0.25) is 0 Å². The highest BCUT2D eigenvalue weighted by atomic mass is 16.6. The lowest BCUT2D eigenvalue weighted by Crippen LogP contribution is -2.35. The molecular weight excluding hydrogens is 164 g/mol. The Hall–Kier alpha value is -0.940. The molecule has 5 heteroatoms. The van der Waals surface area contributed by atoms with E-state index in [0.717, 1.165) is 0 Å². The van der Waals surface area contributed by atoms with Crippen LogP contribution in [0.5, 0.6) is 0 Å². The van der Waals surface area contributed by atoms with Gasteiger partial charge in [-0.15, -0.1) is 0 Å². The molecule has 68 valence electrons. The van der Waals surface area contributed by atoms with Crippen LogP contribution in [0.4, 0.5) is 0 Å². The lowest BCUT2D eigenvalue weighted by Gasteiger charge is -2.13. The summed E-state index contributed by atoms with van der Waals surface area (Å²) in [6, 6.07) is 0. The first-order valence-corrected chi connectivity index (χ1v) is 3.66. The molecule has 1 heterocycles. The highest BCUT2D eigenvalue weighted by Crippen LogP contribution is 2.17. The van der Waals surface area contributed by atoms with Crippen LogP contribution < -0.4 is 0 Å². The Morgan fingerprint density at radius 3 is 2.83 bits per heavy atom. The monoisotopic (exact) mass is 174 g/mol. The summed E-state index contributed by atoms with van der Waals surface area (Å²) in [7, 11) is 0. The molecule has 1 rings (SSSR count). The first-order chi connectivity index (χ1) is 5.65. The Bertz CT molecular complexity index is 200. The first kappa shape index (κ1) is 9.15. The van der Waals surface area contributed by atoms with Crippen molar-refractivity contribution in [1.82, 2.24) is 0 Å². The predicted molar refractivity (Wildman–Crippen MR) is 37.2 cm³/mol. The first-order valence-electron chi connectivity index (χ1n) is 3.66. The van der Waals surface area contributed by atoms with Gasteiger partial charge in [0.25, 0.3) is 0 Å². The van der Waals surface area contributed by atoms with Gasteiger partial charge in [-0.05, 0) is 6.42 Å². The van der Waals surface area contributed by atoms with E-state index in [1.807, 2.05) is 0 Å². The van der Waals surface area contributed by atoms with E-state index in [2.05, 4.69) is 4.74 Å². The fraction of sp³-hybridized carbons (Fsp3) is 0.714. The van der Waals surface area contributed by atoms with Gasteiger partial charge in [0, 0.05) is 6.42 Å². The van der Waals surface area contributed by atoms with Gasteiger partial charge >= 0.3 is 5.97 Å². The summed E-state index contributed by atoms with van der Waals surface area (Å²) in [6.45, 7) is -0.727. The molecule has 1 aliphatic rings. The molecule has 1 saturated heterocycles. The molecule has 0 spiro atoms. The number of esters is 1. The van der Waals surface area contributed by atoms with Crippen molar-refractivity contribution in [3.05, 3.63) is 0 Å². The molecule has 1 fully saturated rings. The normalized spacial score (nSPS) is 25.2. The number of carbonyl (C=O) groups excluding carboxylic acids is 2. The Kier molecular flexibility index (Phi) is 2.78. The van der Waals surface area contributed by atoms with Crippen molar-refractivity contribution < 1.29 is 24.5 Å². The van der Waals surface area contributed by atoms with Crippen LogP contribution in [0, 0.1) is 0 Å². The second-order valence-corrected chi connectivity index (χ2v) is 2.64. The number of aliphatic hydroxyl groups is 2. The van der Waals surface area contributed by atoms with Crippen molar-refractivity contribution in [2.45, 2.75) is 25.0 Å². The Morgan fingerprint density at radius 1 is 1.75 bits per heavy atom. The Morgan fingerprint density at radius 2 is 2.42 bits per heavy atom. The van der Waals surface area contributed by atoms with Crippen LogP contribution >= 0.6 is 0 Å². The van der Waals surface area contributed by atoms with Gasteiger partial charge in [0.1, 0.15) is 12.7 Å². The Balaban J connectivity index is 2.48. The molecule has 0 bridgehead atoms. The number of ketones is 1. The van der Waals surface area contributed by atoms with Gasteiger partial charge in [-0.1, -0.05) is 0 Å². The molecule has 0 aromatic rings. The molecule has 0 unspecified atom stereocenters. The van der Waals surface area contributed by atoms with Crippen LogP contribution in [0.1, 0.15) is 12.8 Å². The summed E-state index contributed by atoms with van der Waals surface area (Å²) >= 11 is 0. The molecule has 0 saturated carbocycles. The number of Topliss-reactive ketones (excluding diaryl/α,β-unsaturated/α-hetero) is 1. The average molecular weight is 174 g/mol. The number of hydrogen-bond donors (Lipinski definition) is 2. The number of ether oxygens (including phenoxy) is 1. The SMILES string of the molecule is O=C1CC[C@H]([C@H](O)C(=O)CO)O1. The van der Waals surface area contributed by atoms with E-state index >= 15 is 0 Å². The standard InChI is InChI=1S/C7H10O5/c8-3-4(9)7(11)5-1-2-6(10)12-5/h5,7-8,11H,1-3H2/t5-,7-/m1/s1. The summed E-state index contributed by atoms with van der Waals surface area (Å²) in [5.41, 5.74) is 0. The minimum Gasteiger partial charge on any atom is -0.459 e. The van der Waals surface area contributed by atoms with Gasteiger partial charge in [0.05, 0.1) is 0 Å². The lowest BCUT2D eigenvalue weighted by molar-refractivity contribution is -0.149. The van der Waals surface area contributed by atoms with Crippen LogP contribution in [0.15, 0.2) is 0 Å². The van der Waals surface area contributed by atoms with E-state index < -0.39 is 30.6 Å². The van der Waals surface area contributed by atoms with Crippen molar-refractivity contribution in [3.63, 3.8) is 0 Å². The van der Waals surface area contributed by atoms with Crippen molar-refractivity contribution in [2.75, 3.05) is 6.61 Å². The molecule has 1 aliphatic heterocycles. The van der Waals surface area contributed by atoms with Crippen LogP contribution in [0.25, 0.3) is 0 Å². The maximum Gasteiger partial charge on any atom is 0.306 e. The fourth-order valence-corrected chi connectivity index (χ4v) is 1.07. The largest absolute Gasteiger partial charge is 0.459 e.